The smallest absolute Gasteiger partial charge is 0.0408 e. The number of rotatable bonds is 0. The van der Waals surface area contributed by atoms with Gasteiger partial charge in [0, 0.05) is 17.0 Å². The van der Waals surface area contributed by atoms with E-state index >= 15 is 0 Å². The average Bonchev–Trinajstić information content (AvgIpc) is 2.44. The van der Waals surface area contributed by atoms with Crippen LogP contribution in [-0.2, 0) is 6.42 Å². The van der Waals surface area contributed by atoms with E-state index in [2.05, 4.69) is 24.3 Å². The van der Waals surface area contributed by atoms with Gasteiger partial charge in [-0.05, 0) is 35.6 Å². The Bertz CT molecular complexity index is 411. The van der Waals surface area contributed by atoms with Crippen molar-refractivity contribution in [3.8, 4) is 0 Å². The highest BCUT2D eigenvalue weighted by molar-refractivity contribution is 6.30. The van der Waals surface area contributed by atoms with Crippen LogP contribution in [0.25, 0.3) is 0 Å². The van der Waals surface area contributed by atoms with Crippen LogP contribution in [0.5, 0.6) is 0 Å². The number of hydrogen-bond acceptors (Lipinski definition) is 1. The van der Waals surface area contributed by atoms with Crippen LogP contribution in [0.2, 0.25) is 5.02 Å². The normalized spacial score (nSPS) is 33.1. The predicted molar refractivity (Wildman–Crippen MR) is 58.5 cm³/mol. The SMILES string of the molecule is NC1C2C=CC1c1ccc(Cl)cc1C2. The van der Waals surface area contributed by atoms with Crippen molar-refractivity contribution in [3.63, 3.8) is 0 Å². The Kier molecular flexibility index (Phi) is 1.73. The molecule has 2 aliphatic rings. The van der Waals surface area contributed by atoms with Gasteiger partial charge in [-0.25, -0.2) is 0 Å². The molecule has 0 radical (unpaired) electrons. The summed E-state index contributed by atoms with van der Waals surface area (Å²) in [7, 11) is 0. The lowest BCUT2D eigenvalue weighted by atomic mass is 9.79. The van der Waals surface area contributed by atoms with Gasteiger partial charge in [-0.15, -0.1) is 0 Å². The van der Waals surface area contributed by atoms with Gasteiger partial charge in [0.25, 0.3) is 0 Å². The van der Waals surface area contributed by atoms with Crippen molar-refractivity contribution in [1.82, 2.24) is 0 Å². The summed E-state index contributed by atoms with van der Waals surface area (Å²) in [6, 6.07) is 6.44. The molecule has 0 saturated heterocycles. The summed E-state index contributed by atoms with van der Waals surface area (Å²) >= 11 is 5.98. The van der Waals surface area contributed by atoms with Gasteiger partial charge in [-0.1, -0.05) is 29.8 Å². The molecule has 2 aliphatic carbocycles. The summed E-state index contributed by atoms with van der Waals surface area (Å²) in [6.07, 6.45) is 5.54. The van der Waals surface area contributed by atoms with Crippen molar-refractivity contribution < 1.29 is 0 Å². The first-order chi connectivity index (χ1) is 6.75. The Morgan fingerprint density at radius 2 is 2.14 bits per heavy atom. The van der Waals surface area contributed by atoms with Gasteiger partial charge in [0.05, 0.1) is 0 Å². The molecular formula is C12H12ClN. The molecule has 14 heavy (non-hydrogen) atoms. The van der Waals surface area contributed by atoms with Crippen molar-refractivity contribution in [3.05, 3.63) is 46.5 Å². The molecule has 0 saturated carbocycles. The van der Waals surface area contributed by atoms with Crippen molar-refractivity contribution in [2.45, 2.75) is 18.4 Å². The van der Waals surface area contributed by atoms with Gasteiger partial charge in [0.15, 0.2) is 0 Å². The van der Waals surface area contributed by atoms with Crippen LogP contribution >= 0.6 is 11.6 Å². The number of halogens is 1. The van der Waals surface area contributed by atoms with Gasteiger partial charge in [-0.3, -0.25) is 0 Å². The first-order valence-corrected chi connectivity index (χ1v) is 5.36. The fourth-order valence-electron chi connectivity index (χ4n) is 2.63. The summed E-state index contributed by atoms with van der Waals surface area (Å²) in [5, 5.41) is 0.832. The monoisotopic (exact) mass is 205 g/mol. The number of nitrogens with two attached hydrogens (primary N) is 1. The molecule has 3 unspecified atom stereocenters. The third-order valence-corrected chi connectivity index (χ3v) is 3.63. The molecule has 0 heterocycles. The standard InChI is InChI=1S/C12H12ClN/c13-9-2-4-10-8(6-9)5-7-1-3-11(10)12(7)14/h1-4,6-7,11-12H,5,14H2. The zero-order valence-corrected chi connectivity index (χ0v) is 8.54. The minimum atomic E-state index is 0.281. The van der Waals surface area contributed by atoms with Crippen LogP contribution in [-0.4, -0.2) is 6.04 Å². The molecule has 1 nitrogen and oxygen atoms in total. The molecule has 0 spiro atoms. The second-order valence-electron chi connectivity index (χ2n) is 4.20. The Labute approximate surface area is 88.6 Å². The van der Waals surface area contributed by atoms with Crippen LogP contribution in [0, 0.1) is 5.92 Å². The van der Waals surface area contributed by atoms with Crippen LogP contribution in [0.4, 0.5) is 0 Å². The Morgan fingerprint density at radius 3 is 3.00 bits per heavy atom. The van der Waals surface area contributed by atoms with E-state index in [4.69, 9.17) is 17.3 Å². The molecular weight excluding hydrogens is 194 g/mol. The van der Waals surface area contributed by atoms with Gasteiger partial charge in [0.2, 0.25) is 0 Å². The minimum absolute atomic E-state index is 0.281. The van der Waals surface area contributed by atoms with Gasteiger partial charge in [0.1, 0.15) is 0 Å². The van der Waals surface area contributed by atoms with E-state index < -0.39 is 0 Å². The number of fused-ring (bicyclic) bond motifs is 4. The van der Waals surface area contributed by atoms with Gasteiger partial charge in [-0.2, -0.15) is 0 Å². The third kappa shape index (κ3) is 1.06. The fourth-order valence-corrected chi connectivity index (χ4v) is 2.83. The first-order valence-electron chi connectivity index (χ1n) is 4.98. The summed E-state index contributed by atoms with van der Waals surface area (Å²) in [5.74, 6) is 0.937. The lowest BCUT2D eigenvalue weighted by Crippen LogP contribution is -2.35. The predicted octanol–water partition coefficient (Wildman–Crippen LogP) is 2.49. The molecule has 2 N–H and O–H groups in total. The molecule has 3 atom stereocenters. The number of benzene rings is 1. The minimum Gasteiger partial charge on any atom is -0.326 e. The molecule has 2 bridgehead atoms. The highest BCUT2D eigenvalue weighted by atomic mass is 35.5. The van der Waals surface area contributed by atoms with E-state index in [-0.39, 0.29) is 6.04 Å². The Balaban J connectivity index is 2.15. The quantitative estimate of drug-likeness (QED) is 0.648. The van der Waals surface area contributed by atoms with E-state index in [1.54, 1.807) is 0 Å². The zero-order chi connectivity index (χ0) is 9.71. The maximum Gasteiger partial charge on any atom is 0.0408 e. The van der Waals surface area contributed by atoms with Crippen molar-refractivity contribution in [2.75, 3.05) is 0 Å². The van der Waals surface area contributed by atoms with E-state index in [0.717, 1.165) is 11.4 Å². The van der Waals surface area contributed by atoms with Gasteiger partial charge < -0.3 is 5.73 Å². The molecule has 0 fully saturated rings. The average molecular weight is 206 g/mol. The summed E-state index contributed by atoms with van der Waals surface area (Å²) in [5.41, 5.74) is 8.88. The molecule has 3 rings (SSSR count). The second kappa shape index (κ2) is 2.85. The van der Waals surface area contributed by atoms with Gasteiger partial charge >= 0.3 is 0 Å². The lowest BCUT2D eigenvalue weighted by molar-refractivity contribution is 0.466. The highest BCUT2D eigenvalue weighted by Crippen LogP contribution is 2.41. The maximum absolute atomic E-state index is 6.14. The molecule has 1 aromatic rings. The Morgan fingerprint density at radius 1 is 1.29 bits per heavy atom. The number of hydrogen-bond donors (Lipinski definition) is 1. The summed E-state index contributed by atoms with van der Waals surface area (Å²) in [6.45, 7) is 0. The lowest BCUT2D eigenvalue weighted by Gasteiger charge is -2.29. The molecule has 1 aromatic carbocycles. The fraction of sp³-hybridized carbons (Fsp3) is 0.333. The van der Waals surface area contributed by atoms with E-state index in [0.29, 0.717) is 11.8 Å². The van der Waals surface area contributed by atoms with Crippen molar-refractivity contribution in [2.24, 2.45) is 11.7 Å². The summed E-state index contributed by atoms with van der Waals surface area (Å²) < 4.78 is 0. The Hall–Kier alpha value is -0.790. The molecule has 2 heteroatoms. The third-order valence-electron chi connectivity index (χ3n) is 3.39. The largest absolute Gasteiger partial charge is 0.326 e. The van der Waals surface area contributed by atoms with Crippen LogP contribution in [0.1, 0.15) is 17.0 Å². The van der Waals surface area contributed by atoms with E-state index in [1.807, 2.05) is 6.07 Å². The van der Waals surface area contributed by atoms with E-state index in [1.165, 1.54) is 11.1 Å². The maximum atomic E-state index is 6.14. The van der Waals surface area contributed by atoms with Crippen LogP contribution < -0.4 is 5.73 Å². The van der Waals surface area contributed by atoms with Crippen molar-refractivity contribution >= 4 is 11.6 Å². The highest BCUT2D eigenvalue weighted by Gasteiger charge is 2.35. The molecule has 0 aromatic heterocycles. The van der Waals surface area contributed by atoms with Crippen LogP contribution in [0.15, 0.2) is 30.4 Å². The first kappa shape index (κ1) is 8.51. The van der Waals surface area contributed by atoms with Crippen LogP contribution in [0.3, 0.4) is 0 Å². The topological polar surface area (TPSA) is 26.0 Å². The molecule has 0 aliphatic heterocycles. The van der Waals surface area contributed by atoms with Crippen molar-refractivity contribution in [1.29, 1.82) is 0 Å². The zero-order valence-electron chi connectivity index (χ0n) is 7.78. The molecule has 72 valence electrons. The summed E-state index contributed by atoms with van der Waals surface area (Å²) in [4.78, 5) is 0. The van der Waals surface area contributed by atoms with E-state index in [9.17, 15) is 0 Å². The molecule has 0 amide bonds. The second-order valence-corrected chi connectivity index (χ2v) is 4.64.